The minimum absolute atomic E-state index is 0.0180. The van der Waals surface area contributed by atoms with Crippen molar-refractivity contribution in [2.24, 2.45) is 0 Å². The van der Waals surface area contributed by atoms with Gasteiger partial charge in [-0.2, -0.15) is 0 Å². The second-order valence-electron chi connectivity index (χ2n) is 5.09. The molecule has 1 aromatic rings. The number of rotatable bonds is 6. The number of para-hydroxylation sites is 2. The van der Waals surface area contributed by atoms with Gasteiger partial charge in [-0.05, 0) is 19.1 Å². The Hall–Kier alpha value is -2.22. The molecule has 0 aromatic heterocycles. The van der Waals surface area contributed by atoms with Gasteiger partial charge in [-0.1, -0.05) is 12.1 Å². The van der Waals surface area contributed by atoms with Crippen LogP contribution in [0, 0.1) is 0 Å². The van der Waals surface area contributed by atoms with Gasteiger partial charge in [-0.15, -0.1) is 11.8 Å². The van der Waals surface area contributed by atoms with Gasteiger partial charge in [-0.25, -0.2) is 4.79 Å². The molecule has 7 nitrogen and oxygen atoms in total. The molecular formula is C16H20N2O5S. The van der Waals surface area contributed by atoms with Crippen LogP contribution in [0.4, 0.5) is 5.69 Å². The highest BCUT2D eigenvalue weighted by Gasteiger charge is 2.34. The van der Waals surface area contributed by atoms with Crippen molar-refractivity contribution < 1.29 is 23.9 Å². The Morgan fingerprint density at radius 3 is 2.79 bits per heavy atom. The van der Waals surface area contributed by atoms with Crippen molar-refractivity contribution in [3.05, 3.63) is 24.3 Å². The summed E-state index contributed by atoms with van der Waals surface area (Å²) < 4.78 is 10.1. The van der Waals surface area contributed by atoms with Crippen LogP contribution < -0.4 is 15.4 Å². The fraction of sp³-hybridized carbons (Fsp3) is 0.438. The standard InChI is InChI=1S/C16H20N2O5S/c1-3-23-16(21)11-9-24-13(15(20)18-11)8-14(19)17-10-6-4-5-7-12(10)22-2/h4-7,11,13H,3,8-9H2,1-2H3,(H,17,19)(H,18,20)/t11-,13-/m0/s1. The maximum Gasteiger partial charge on any atom is 0.329 e. The Morgan fingerprint density at radius 1 is 1.38 bits per heavy atom. The van der Waals surface area contributed by atoms with E-state index < -0.39 is 17.3 Å². The number of nitrogens with one attached hydrogen (secondary N) is 2. The summed E-state index contributed by atoms with van der Waals surface area (Å²) in [5.41, 5.74) is 0.551. The van der Waals surface area contributed by atoms with Crippen LogP contribution in [-0.2, 0) is 19.1 Å². The average Bonchev–Trinajstić information content (AvgIpc) is 2.57. The number of ether oxygens (including phenoxy) is 2. The van der Waals surface area contributed by atoms with Gasteiger partial charge in [0.05, 0.1) is 24.7 Å². The van der Waals surface area contributed by atoms with E-state index in [1.165, 1.54) is 18.9 Å². The van der Waals surface area contributed by atoms with Crippen LogP contribution in [0.25, 0.3) is 0 Å². The van der Waals surface area contributed by atoms with Crippen molar-refractivity contribution in [2.45, 2.75) is 24.6 Å². The lowest BCUT2D eigenvalue weighted by Crippen LogP contribution is -2.51. The van der Waals surface area contributed by atoms with Crippen LogP contribution in [0.1, 0.15) is 13.3 Å². The molecule has 2 atom stereocenters. The minimum Gasteiger partial charge on any atom is -0.495 e. The molecule has 1 heterocycles. The number of benzene rings is 1. The van der Waals surface area contributed by atoms with Crippen LogP contribution >= 0.6 is 11.8 Å². The molecule has 0 saturated carbocycles. The molecule has 1 fully saturated rings. The lowest BCUT2D eigenvalue weighted by atomic mass is 10.2. The highest BCUT2D eigenvalue weighted by Crippen LogP contribution is 2.25. The topological polar surface area (TPSA) is 93.7 Å². The van der Waals surface area contributed by atoms with E-state index in [2.05, 4.69) is 10.6 Å². The fourth-order valence-corrected chi connectivity index (χ4v) is 3.37. The summed E-state index contributed by atoms with van der Waals surface area (Å²) in [6.45, 7) is 1.97. The first-order valence-electron chi connectivity index (χ1n) is 7.56. The van der Waals surface area contributed by atoms with E-state index in [0.29, 0.717) is 17.2 Å². The van der Waals surface area contributed by atoms with E-state index in [1.807, 2.05) is 0 Å². The van der Waals surface area contributed by atoms with Gasteiger partial charge in [0.1, 0.15) is 11.8 Å². The highest BCUT2D eigenvalue weighted by atomic mass is 32.2. The molecule has 1 aliphatic heterocycles. The lowest BCUT2D eigenvalue weighted by Gasteiger charge is -2.27. The molecule has 24 heavy (non-hydrogen) atoms. The third-order valence-electron chi connectivity index (χ3n) is 3.40. The summed E-state index contributed by atoms with van der Waals surface area (Å²) >= 11 is 1.28. The number of esters is 1. The summed E-state index contributed by atoms with van der Waals surface area (Å²) in [6, 6.07) is 6.39. The van der Waals surface area contributed by atoms with E-state index in [0.717, 1.165) is 0 Å². The van der Waals surface area contributed by atoms with E-state index >= 15 is 0 Å². The Labute approximate surface area is 144 Å². The number of thioether (sulfide) groups is 1. The van der Waals surface area contributed by atoms with Gasteiger partial charge in [0.25, 0.3) is 0 Å². The lowest BCUT2D eigenvalue weighted by molar-refractivity contribution is -0.146. The van der Waals surface area contributed by atoms with E-state index in [9.17, 15) is 14.4 Å². The van der Waals surface area contributed by atoms with Crippen LogP contribution in [0.3, 0.4) is 0 Å². The molecule has 1 saturated heterocycles. The van der Waals surface area contributed by atoms with Crippen molar-refractivity contribution in [3.8, 4) is 5.75 Å². The summed E-state index contributed by atoms with van der Waals surface area (Å²) in [6.07, 6.45) is 0.0180. The van der Waals surface area contributed by atoms with E-state index in [1.54, 1.807) is 31.2 Å². The third-order valence-corrected chi connectivity index (χ3v) is 4.70. The maximum absolute atomic E-state index is 12.2. The summed E-state index contributed by atoms with van der Waals surface area (Å²) in [7, 11) is 1.52. The van der Waals surface area contributed by atoms with Gasteiger partial charge in [0.2, 0.25) is 11.8 Å². The minimum atomic E-state index is -0.657. The highest BCUT2D eigenvalue weighted by molar-refractivity contribution is 8.00. The predicted octanol–water partition coefficient (Wildman–Crippen LogP) is 1.19. The van der Waals surface area contributed by atoms with Crippen molar-refractivity contribution in [2.75, 3.05) is 24.8 Å². The molecule has 0 spiro atoms. The first kappa shape index (κ1) is 18.1. The van der Waals surface area contributed by atoms with E-state index in [-0.39, 0.29) is 24.8 Å². The summed E-state index contributed by atoms with van der Waals surface area (Å²) in [4.78, 5) is 35.9. The van der Waals surface area contributed by atoms with Gasteiger partial charge in [0.15, 0.2) is 0 Å². The van der Waals surface area contributed by atoms with Crippen LogP contribution in [0.15, 0.2) is 24.3 Å². The molecule has 1 aromatic carbocycles. The molecule has 0 aliphatic carbocycles. The van der Waals surface area contributed by atoms with Gasteiger partial charge in [0, 0.05) is 12.2 Å². The van der Waals surface area contributed by atoms with Gasteiger partial charge >= 0.3 is 5.97 Å². The van der Waals surface area contributed by atoms with E-state index in [4.69, 9.17) is 9.47 Å². The number of anilines is 1. The zero-order valence-electron chi connectivity index (χ0n) is 13.5. The third kappa shape index (κ3) is 4.64. The number of carbonyl (C=O) groups is 3. The molecule has 0 bridgehead atoms. The molecule has 0 unspecified atom stereocenters. The fourth-order valence-electron chi connectivity index (χ4n) is 2.23. The van der Waals surface area contributed by atoms with Crippen molar-refractivity contribution in [3.63, 3.8) is 0 Å². The quantitative estimate of drug-likeness (QED) is 0.747. The Balaban J connectivity index is 1.89. The molecule has 2 rings (SSSR count). The molecular weight excluding hydrogens is 332 g/mol. The van der Waals surface area contributed by atoms with Gasteiger partial charge in [-0.3, -0.25) is 9.59 Å². The van der Waals surface area contributed by atoms with Crippen LogP contribution in [-0.4, -0.2) is 48.5 Å². The van der Waals surface area contributed by atoms with Crippen molar-refractivity contribution >= 4 is 35.2 Å². The zero-order valence-corrected chi connectivity index (χ0v) is 14.4. The number of methoxy groups -OCH3 is 1. The number of hydrogen-bond donors (Lipinski definition) is 2. The molecule has 1 aliphatic rings. The molecule has 2 amide bonds. The second-order valence-corrected chi connectivity index (χ2v) is 6.32. The first-order valence-corrected chi connectivity index (χ1v) is 8.61. The number of hydrogen-bond acceptors (Lipinski definition) is 6. The molecule has 0 radical (unpaired) electrons. The average molecular weight is 352 g/mol. The van der Waals surface area contributed by atoms with Crippen LogP contribution in [0.5, 0.6) is 5.75 Å². The Bertz CT molecular complexity index is 622. The monoisotopic (exact) mass is 352 g/mol. The largest absolute Gasteiger partial charge is 0.495 e. The molecule has 8 heteroatoms. The molecule has 130 valence electrons. The predicted molar refractivity (Wildman–Crippen MR) is 91.1 cm³/mol. The summed E-state index contributed by atoms with van der Waals surface area (Å²) in [5, 5.41) is 4.80. The van der Waals surface area contributed by atoms with Gasteiger partial charge < -0.3 is 20.1 Å². The summed E-state index contributed by atoms with van der Waals surface area (Å²) in [5.74, 6) is -0.137. The molecule has 2 N–H and O–H groups in total. The van der Waals surface area contributed by atoms with Crippen molar-refractivity contribution in [1.29, 1.82) is 0 Å². The smallest absolute Gasteiger partial charge is 0.329 e. The number of carbonyl (C=O) groups excluding carboxylic acids is 3. The van der Waals surface area contributed by atoms with Crippen molar-refractivity contribution in [1.82, 2.24) is 5.32 Å². The second kappa shape index (κ2) is 8.58. The van der Waals surface area contributed by atoms with Crippen LogP contribution in [0.2, 0.25) is 0 Å². The zero-order chi connectivity index (χ0) is 17.5. The SMILES string of the molecule is CCOC(=O)[C@@H]1CS[C@@H](CC(=O)Nc2ccccc2OC)C(=O)N1. The maximum atomic E-state index is 12.2. The number of amides is 2. The normalized spacial score (nSPS) is 20.0. The first-order chi connectivity index (χ1) is 11.5. The Kier molecular flexibility index (Phi) is 6.48. The Morgan fingerprint density at radius 2 is 2.12 bits per heavy atom.